The number of para-hydroxylation sites is 1. The normalized spacial score (nSPS) is 20.7. The Morgan fingerprint density at radius 2 is 1.47 bits per heavy atom. The zero-order chi connectivity index (χ0) is 40.2. The molecule has 6 aromatic rings. The topological polar surface area (TPSA) is 193 Å². The van der Waals surface area contributed by atoms with E-state index in [2.05, 4.69) is 15.0 Å². The van der Waals surface area contributed by atoms with Crippen LogP contribution in [0.2, 0.25) is 0 Å². The van der Waals surface area contributed by atoms with E-state index in [1.165, 1.54) is 10.9 Å². The minimum absolute atomic E-state index is 0.0998. The van der Waals surface area contributed by atoms with Gasteiger partial charge in [0.25, 0.3) is 5.56 Å². The number of aromatic amines is 1. The lowest BCUT2D eigenvalue weighted by Crippen LogP contribution is -2.62. The summed E-state index contributed by atoms with van der Waals surface area (Å²) >= 11 is 0. The van der Waals surface area contributed by atoms with E-state index in [1.807, 2.05) is 85.8 Å². The number of fused-ring (bicyclic) bond motifs is 1. The van der Waals surface area contributed by atoms with Crippen LogP contribution >= 0.6 is 0 Å². The number of hydrogen-bond acceptors (Lipinski definition) is 12. The molecular formula is C43H45N5O9. The molecule has 0 aliphatic carbocycles. The Morgan fingerprint density at radius 3 is 2.05 bits per heavy atom. The van der Waals surface area contributed by atoms with Gasteiger partial charge in [-0.25, -0.2) is 4.98 Å². The summed E-state index contributed by atoms with van der Waals surface area (Å²) in [4.78, 5) is 38.9. The molecule has 14 heteroatoms. The van der Waals surface area contributed by atoms with Gasteiger partial charge in [0.1, 0.15) is 47.0 Å². The number of nitrogens with two attached hydrogens (primary N) is 1. The minimum Gasteiger partial charge on any atom is -0.497 e. The number of ketones is 1. The maximum atomic E-state index is 14.9. The lowest BCUT2D eigenvalue weighted by molar-refractivity contribution is -0.204. The van der Waals surface area contributed by atoms with E-state index >= 15 is 0 Å². The second-order valence-corrected chi connectivity index (χ2v) is 13.9. The van der Waals surface area contributed by atoms with Crippen molar-refractivity contribution in [3.63, 3.8) is 0 Å². The van der Waals surface area contributed by atoms with Crippen molar-refractivity contribution in [2.75, 3.05) is 33.2 Å². The van der Waals surface area contributed by atoms with E-state index in [9.17, 15) is 19.8 Å². The molecule has 0 bridgehead atoms. The standard InChI is InChI=1S/C43H45N5O9/c1-4-5-24-41(52)37(50)34(57-43(41,35(49)26-55-33-14-10-7-11-15-33)48-27-45-36-38(48)46-40(44)47-39(36)51)25-56-42(28-12-8-6-9-13-28,29-16-20-31(53-2)21-17-29)30-18-22-32(54-3)23-19-30/h6-23,27,34,37,50,52H,4-5,24-26H2,1-3H3,(H3,44,46,47,51)/t34-,37-,41-,43-/m1/s1. The summed E-state index contributed by atoms with van der Waals surface area (Å²) in [5.74, 6) is 0.628. The van der Waals surface area contributed by atoms with Crippen molar-refractivity contribution >= 4 is 22.9 Å². The molecule has 4 aromatic carbocycles. The van der Waals surface area contributed by atoms with Gasteiger partial charge in [0.15, 0.2) is 17.8 Å². The zero-order valence-corrected chi connectivity index (χ0v) is 31.8. The number of imidazole rings is 1. The largest absolute Gasteiger partial charge is 0.497 e. The van der Waals surface area contributed by atoms with Crippen LogP contribution in [-0.2, 0) is 25.6 Å². The van der Waals surface area contributed by atoms with Crippen molar-refractivity contribution in [3.8, 4) is 17.2 Å². The highest BCUT2D eigenvalue weighted by atomic mass is 16.6. The summed E-state index contributed by atoms with van der Waals surface area (Å²) in [5.41, 5.74) is 1.13. The van der Waals surface area contributed by atoms with Crippen LogP contribution in [-0.4, -0.2) is 80.8 Å². The number of methoxy groups -OCH3 is 2. The van der Waals surface area contributed by atoms with Crippen LogP contribution in [0, 0.1) is 0 Å². The molecule has 0 amide bonds. The van der Waals surface area contributed by atoms with Crippen LogP contribution in [0.3, 0.4) is 0 Å². The fraction of sp³-hybridized carbons (Fsp3) is 0.302. The van der Waals surface area contributed by atoms with E-state index in [-0.39, 0.29) is 30.1 Å². The second-order valence-electron chi connectivity index (χ2n) is 13.9. The summed E-state index contributed by atoms with van der Waals surface area (Å²) in [6.07, 6.45) is -0.999. The number of carbonyl (C=O) groups excluding carboxylic acids is 1. The predicted octanol–water partition coefficient (Wildman–Crippen LogP) is 4.71. The summed E-state index contributed by atoms with van der Waals surface area (Å²) < 4.78 is 32.0. The molecule has 5 N–H and O–H groups in total. The molecule has 1 aliphatic rings. The maximum Gasteiger partial charge on any atom is 0.280 e. The van der Waals surface area contributed by atoms with Gasteiger partial charge >= 0.3 is 0 Å². The first-order chi connectivity index (χ1) is 27.6. The summed E-state index contributed by atoms with van der Waals surface area (Å²) in [6.45, 7) is 0.975. The number of nitrogens with zero attached hydrogens (tertiary/aromatic N) is 3. The number of nitrogens with one attached hydrogen (secondary N) is 1. The van der Waals surface area contributed by atoms with Crippen LogP contribution in [0.1, 0.15) is 42.9 Å². The Balaban J connectivity index is 1.38. The SMILES string of the molecule is CCCC[C@@]1(O)[C@H](O)[C@@H](COC(c2ccccc2)(c2ccc(OC)cc2)c2ccc(OC)cc2)O[C@@]1(C(=O)COc1ccccc1)n1cnc2c(=O)[nH]c(N)nc21. The Labute approximate surface area is 328 Å². The minimum atomic E-state index is -2.43. The highest BCUT2D eigenvalue weighted by Gasteiger charge is 2.70. The smallest absolute Gasteiger partial charge is 0.280 e. The lowest BCUT2D eigenvalue weighted by atomic mass is 9.78. The van der Waals surface area contributed by atoms with Gasteiger partial charge < -0.3 is 39.6 Å². The molecule has 7 rings (SSSR count). The summed E-state index contributed by atoms with van der Waals surface area (Å²) in [5, 5.41) is 25.4. The first kappa shape index (κ1) is 39.2. The third-order valence-electron chi connectivity index (χ3n) is 10.6. The van der Waals surface area contributed by atoms with Crippen LogP contribution in [0.4, 0.5) is 5.95 Å². The lowest BCUT2D eigenvalue weighted by Gasteiger charge is -2.41. The molecular weight excluding hydrogens is 730 g/mol. The second kappa shape index (κ2) is 16.2. The van der Waals surface area contributed by atoms with Gasteiger partial charge in [-0.15, -0.1) is 0 Å². The van der Waals surface area contributed by atoms with Crippen molar-refractivity contribution in [2.45, 2.75) is 55.3 Å². The van der Waals surface area contributed by atoms with Gasteiger partial charge in [0.05, 0.1) is 20.8 Å². The van der Waals surface area contributed by atoms with Crippen molar-refractivity contribution in [3.05, 3.63) is 143 Å². The number of nitrogen functional groups attached to an aromatic ring is 1. The number of hydrogen-bond donors (Lipinski definition) is 4. The number of rotatable bonds is 16. The van der Waals surface area contributed by atoms with Gasteiger partial charge in [0, 0.05) is 0 Å². The van der Waals surface area contributed by atoms with Crippen LogP contribution in [0.25, 0.3) is 11.2 Å². The fourth-order valence-electron chi connectivity index (χ4n) is 7.69. The number of benzene rings is 4. The Morgan fingerprint density at radius 1 is 0.895 bits per heavy atom. The van der Waals surface area contributed by atoms with Gasteiger partial charge in [-0.05, 0) is 59.5 Å². The third kappa shape index (κ3) is 6.90. The number of ether oxygens (including phenoxy) is 5. The summed E-state index contributed by atoms with van der Waals surface area (Å²) in [7, 11) is 3.17. The highest BCUT2D eigenvalue weighted by Crippen LogP contribution is 2.50. The Bertz CT molecular complexity index is 2310. The van der Waals surface area contributed by atoms with Gasteiger partial charge in [0.2, 0.25) is 17.5 Å². The van der Waals surface area contributed by atoms with Crippen LogP contribution in [0.5, 0.6) is 17.2 Å². The van der Waals surface area contributed by atoms with Crippen LogP contribution < -0.4 is 25.5 Å². The van der Waals surface area contributed by atoms with Crippen LogP contribution in [0.15, 0.2) is 120 Å². The number of anilines is 1. The molecule has 296 valence electrons. The van der Waals surface area contributed by atoms with E-state index in [4.69, 9.17) is 29.4 Å². The number of aliphatic hydroxyl groups excluding tert-OH is 1. The fourth-order valence-corrected chi connectivity index (χ4v) is 7.69. The monoisotopic (exact) mass is 775 g/mol. The molecule has 0 unspecified atom stereocenters. The third-order valence-corrected chi connectivity index (χ3v) is 10.6. The van der Waals surface area contributed by atoms with E-state index < -0.39 is 47.1 Å². The van der Waals surface area contributed by atoms with Gasteiger partial charge in [-0.3, -0.25) is 19.1 Å². The molecule has 2 aromatic heterocycles. The number of unbranched alkanes of at least 4 members (excludes halogenated alkanes) is 1. The average molecular weight is 776 g/mol. The first-order valence-corrected chi connectivity index (χ1v) is 18.6. The van der Waals surface area contributed by atoms with Crippen molar-refractivity contribution < 1.29 is 38.7 Å². The molecule has 1 fully saturated rings. The van der Waals surface area contributed by atoms with E-state index in [1.54, 1.807) is 44.6 Å². The number of aromatic nitrogens is 4. The first-order valence-electron chi connectivity index (χ1n) is 18.6. The Kier molecular flexibility index (Phi) is 11.1. The molecule has 0 spiro atoms. The maximum absolute atomic E-state index is 14.9. The molecule has 1 aliphatic heterocycles. The molecule has 3 heterocycles. The van der Waals surface area contributed by atoms with Gasteiger partial charge in [-0.2, -0.15) is 4.98 Å². The van der Waals surface area contributed by atoms with E-state index in [0.717, 1.165) is 5.56 Å². The highest BCUT2D eigenvalue weighted by molar-refractivity contribution is 5.90. The van der Waals surface area contributed by atoms with Crippen molar-refractivity contribution in [2.24, 2.45) is 0 Å². The molecule has 14 nitrogen and oxygen atoms in total. The van der Waals surface area contributed by atoms with E-state index in [0.29, 0.717) is 41.2 Å². The molecule has 0 radical (unpaired) electrons. The quantitative estimate of drug-likeness (QED) is 0.0992. The van der Waals surface area contributed by atoms with Gasteiger partial charge in [-0.1, -0.05) is 92.6 Å². The number of H-pyrrole nitrogens is 1. The number of Topliss-reactive ketones (excluding diaryl/α,β-unsaturated/α-hetero) is 1. The molecule has 57 heavy (non-hydrogen) atoms. The molecule has 0 saturated carbocycles. The average Bonchev–Trinajstić information content (AvgIpc) is 3.77. The summed E-state index contributed by atoms with van der Waals surface area (Å²) in [6, 6.07) is 33.1. The molecule has 4 atom stereocenters. The number of aliphatic hydroxyl groups is 2. The zero-order valence-electron chi connectivity index (χ0n) is 31.8. The van der Waals surface area contributed by atoms with Crippen molar-refractivity contribution in [1.29, 1.82) is 0 Å². The Hall–Kier alpha value is -6.06. The number of carbonyl (C=O) groups is 1. The van der Waals surface area contributed by atoms with Crippen molar-refractivity contribution in [1.82, 2.24) is 19.5 Å². The predicted molar refractivity (Wildman–Crippen MR) is 211 cm³/mol. The molecule has 1 saturated heterocycles.